The average molecular weight is 194 g/mol. The Hall–Kier alpha value is -0.666. The summed E-state index contributed by atoms with van der Waals surface area (Å²) < 4.78 is 13.9. The third-order valence-corrected chi connectivity index (χ3v) is 3.31. The zero-order valence-electron chi connectivity index (χ0n) is 6.62. The molecule has 11 heavy (non-hydrogen) atoms. The van der Waals surface area contributed by atoms with Gasteiger partial charge in [0.2, 0.25) is 0 Å². The number of carbonyl (C=O) groups is 2. The van der Waals surface area contributed by atoms with E-state index in [0.29, 0.717) is 10.5 Å². The van der Waals surface area contributed by atoms with Gasteiger partial charge in [-0.05, 0) is 0 Å². The Morgan fingerprint density at radius 3 is 1.73 bits per heavy atom. The van der Waals surface area contributed by atoms with E-state index in [4.69, 9.17) is 4.12 Å². The van der Waals surface area contributed by atoms with Crippen molar-refractivity contribution in [2.75, 3.05) is 0 Å². The fraction of sp³-hybridized carbons (Fsp3) is 0.500. The lowest BCUT2D eigenvalue weighted by Crippen LogP contribution is -2.30. The topological polar surface area (TPSA) is 61.8 Å². The molecule has 0 aliphatic rings. The van der Waals surface area contributed by atoms with E-state index in [9.17, 15) is 9.59 Å². The molecule has 64 valence electrons. The number of rotatable bonds is 3. The van der Waals surface area contributed by atoms with E-state index in [0.717, 1.165) is 0 Å². The maximum atomic E-state index is 10.4. The van der Waals surface area contributed by atoms with Gasteiger partial charge in [0, 0.05) is 13.8 Å². The molecule has 0 fully saturated rings. The van der Waals surface area contributed by atoms with Crippen LogP contribution in [-0.2, 0) is 22.6 Å². The van der Waals surface area contributed by atoms with E-state index >= 15 is 0 Å². The third kappa shape index (κ3) is 5.76. The zero-order valence-corrected chi connectivity index (χ0v) is 9.77. The summed E-state index contributed by atoms with van der Waals surface area (Å²) in [7, 11) is -2.08. The Morgan fingerprint density at radius 1 is 1.18 bits per heavy atom. The Morgan fingerprint density at radius 2 is 1.55 bits per heavy atom. The van der Waals surface area contributed by atoms with Crippen molar-refractivity contribution in [1.29, 1.82) is 0 Å². The second-order valence-electron chi connectivity index (χ2n) is 1.74. The first-order valence-corrected chi connectivity index (χ1v) is 5.16. The van der Waals surface area contributed by atoms with E-state index in [1.54, 1.807) is 0 Å². The molecule has 0 radical (unpaired) electrons. The second kappa shape index (κ2) is 5.05. The van der Waals surface area contributed by atoms with Gasteiger partial charge in [0.25, 0.3) is 11.9 Å². The van der Waals surface area contributed by atoms with Crippen molar-refractivity contribution in [3.8, 4) is 0 Å². The van der Waals surface area contributed by atoms with E-state index in [1.807, 2.05) is 0 Å². The van der Waals surface area contributed by atoms with Crippen LogP contribution in [0, 0.1) is 0 Å². The van der Waals surface area contributed by atoms with Crippen molar-refractivity contribution in [3.05, 3.63) is 0 Å². The Kier molecular flexibility index (Phi) is 4.74. The van der Waals surface area contributed by atoms with Crippen LogP contribution in [-0.4, -0.2) is 32.0 Å². The predicted molar refractivity (Wildman–Crippen MR) is 41.7 cm³/mol. The molecule has 7 heteroatoms. The van der Waals surface area contributed by atoms with Crippen molar-refractivity contribution in [2.24, 2.45) is 0 Å². The summed E-state index contributed by atoms with van der Waals surface area (Å²) in [4.78, 5) is 20.7. The van der Waals surface area contributed by atoms with Crippen LogP contribution in [0.4, 0.5) is 0 Å². The first-order chi connectivity index (χ1) is 5.06. The van der Waals surface area contributed by atoms with E-state index in [1.165, 1.54) is 13.8 Å². The molecule has 0 spiro atoms. The second-order valence-corrected chi connectivity index (χ2v) is 4.68. The van der Waals surface area contributed by atoms with Gasteiger partial charge in [0.05, 0.1) is 0 Å². The molecule has 0 aromatic carbocycles. The third-order valence-electron chi connectivity index (χ3n) is 0.717. The maximum absolute atomic E-state index is 10.4. The van der Waals surface area contributed by atoms with Crippen LogP contribution in [0.25, 0.3) is 0 Å². The normalized spacial score (nSPS) is 9.73. The molecular formula is C4H10O5Si2. The Labute approximate surface area is 69.1 Å². The lowest BCUT2D eigenvalue weighted by Gasteiger charge is -2.11. The highest BCUT2D eigenvalue weighted by Gasteiger charge is 2.19. The van der Waals surface area contributed by atoms with E-state index in [2.05, 4.69) is 8.85 Å². The van der Waals surface area contributed by atoms with Crippen molar-refractivity contribution < 1.29 is 22.6 Å². The van der Waals surface area contributed by atoms with Crippen LogP contribution in [0.1, 0.15) is 13.8 Å². The molecule has 0 N–H and O–H groups in total. The summed E-state index contributed by atoms with van der Waals surface area (Å²) in [6.45, 7) is 2.48. The van der Waals surface area contributed by atoms with Crippen LogP contribution < -0.4 is 0 Å². The molecule has 5 nitrogen and oxygen atoms in total. The van der Waals surface area contributed by atoms with Crippen LogP contribution in [0.2, 0.25) is 0 Å². The Balaban J connectivity index is 3.76. The lowest BCUT2D eigenvalue weighted by molar-refractivity contribution is -0.139. The minimum Gasteiger partial charge on any atom is -0.467 e. The van der Waals surface area contributed by atoms with E-state index in [-0.39, 0.29) is 0 Å². The zero-order chi connectivity index (χ0) is 8.85. The summed E-state index contributed by atoms with van der Waals surface area (Å²) in [6, 6.07) is 0. The minimum atomic E-state index is -2.47. The van der Waals surface area contributed by atoms with Crippen LogP contribution in [0.3, 0.4) is 0 Å². The summed E-state index contributed by atoms with van der Waals surface area (Å²) in [5.74, 6) is -0.975. The van der Waals surface area contributed by atoms with Gasteiger partial charge in [-0.25, -0.2) is 0 Å². The quantitative estimate of drug-likeness (QED) is 0.492. The number of hydrogen-bond acceptors (Lipinski definition) is 5. The fourth-order valence-electron chi connectivity index (χ4n) is 0.391. The molecule has 0 rings (SSSR count). The fourth-order valence-corrected chi connectivity index (χ4v) is 1.75. The first-order valence-electron chi connectivity index (χ1n) is 2.93. The van der Waals surface area contributed by atoms with Gasteiger partial charge in [0.1, 0.15) is 10.5 Å². The molecule has 0 saturated heterocycles. The van der Waals surface area contributed by atoms with Crippen LogP contribution >= 0.6 is 0 Å². The van der Waals surface area contributed by atoms with Crippen molar-refractivity contribution in [2.45, 2.75) is 13.8 Å². The minimum absolute atomic E-state index is 0.390. The average Bonchev–Trinajstić information content (AvgIpc) is 1.84. The number of hydrogen-bond donors (Lipinski definition) is 0. The molecule has 0 atom stereocenters. The molecule has 0 bridgehead atoms. The Bertz CT molecular complexity index is 143. The summed E-state index contributed by atoms with van der Waals surface area (Å²) in [5.41, 5.74) is 0. The van der Waals surface area contributed by atoms with Gasteiger partial charge in [-0.15, -0.1) is 0 Å². The molecular weight excluding hydrogens is 184 g/mol. The highest BCUT2D eigenvalue weighted by molar-refractivity contribution is 6.46. The molecule has 0 aliphatic carbocycles. The highest BCUT2D eigenvalue weighted by Crippen LogP contribution is 1.90. The monoisotopic (exact) mass is 194 g/mol. The molecule has 0 aromatic heterocycles. The molecule has 0 heterocycles. The van der Waals surface area contributed by atoms with Gasteiger partial charge < -0.3 is 13.0 Å². The maximum Gasteiger partial charge on any atom is 0.608 e. The van der Waals surface area contributed by atoms with Gasteiger partial charge >= 0.3 is 9.53 Å². The van der Waals surface area contributed by atoms with Crippen LogP contribution in [0.5, 0.6) is 0 Å². The lowest BCUT2D eigenvalue weighted by atomic mass is 10.9. The number of carbonyl (C=O) groups excluding carboxylic acids is 2. The van der Waals surface area contributed by atoms with Crippen molar-refractivity contribution in [3.63, 3.8) is 0 Å². The summed E-state index contributed by atoms with van der Waals surface area (Å²) in [6.07, 6.45) is 0. The highest BCUT2D eigenvalue weighted by atomic mass is 28.4. The smallest absolute Gasteiger partial charge is 0.467 e. The molecule has 0 aliphatic heterocycles. The molecule has 0 amide bonds. The van der Waals surface area contributed by atoms with Crippen LogP contribution in [0.15, 0.2) is 0 Å². The van der Waals surface area contributed by atoms with Crippen molar-refractivity contribution in [1.82, 2.24) is 0 Å². The summed E-state index contributed by atoms with van der Waals surface area (Å²) >= 11 is 0. The SMILES string of the molecule is CC(=O)O[SiH](O[SiH3])OC(C)=O. The first kappa shape index (κ1) is 10.3. The largest absolute Gasteiger partial charge is 0.608 e. The predicted octanol–water partition coefficient (Wildman–Crippen LogP) is -1.87. The van der Waals surface area contributed by atoms with Gasteiger partial charge in [0.15, 0.2) is 0 Å². The van der Waals surface area contributed by atoms with Crippen molar-refractivity contribution >= 4 is 32.0 Å². The van der Waals surface area contributed by atoms with Gasteiger partial charge in [-0.1, -0.05) is 0 Å². The molecule has 0 unspecified atom stereocenters. The molecule has 0 aromatic rings. The standard InChI is InChI=1S/C4H10O5Si2/c1-3(5)7-11(9-10)8-4(2)6/h11H,1-2,10H3. The van der Waals surface area contributed by atoms with Gasteiger partial charge in [-0.3, -0.25) is 9.59 Å². The van der Waals surface area contributed by atoms with Gasteiger partial charge in [-0.2, -0.15) is 0 Å². The molecule has 0 saturated carbocycles. The van der Waals surface area contributed by atoms with E-state index < -0.39 is 21.5 Å². The summed E-state index contributed by atoms with van der Waals surface area (Å²) in [5, 5.41) is 0.